The van der Waals surface area contributed by atoms with Crippen LogP contribution >= 0.6 is 0 Å². The first kappa shape index (κ1) is 12.4. The molecular formula is C12H14N2O4. The zero-order valence-electron chi connectivity index (χ0n) is 9.73. The molecule has 0 aliphatic heterocycles. The van der Waals surface area contributed by atoms with Gasteiger partial charge in [-0.1, -0.05) is 6.07 Å². The fraction of sp³-hybridized carbons (Fsp3) is 0.333. The lowest BCUT2D eigenvalue weighted by Gasteiger charge is -2.08. The number of hydrogen-bond donors (Lipinski definition) is 3. The number of carboxylic acid groups (broad SMARTS) is 1. The maximum atomic E-state index is 11.4. The Morgan fingerprint density at radius 3 is 2.83 bits per heavy atom. The molecule has 0 unspecified atom stereocenters. The lowest BCUT2D eigenvalue weighted by Crippen LogP contribution is -2.30. The molecule has 0 saturated heterocycles. The van der Waals surface area contributed by atoms with Crippen molar-refractivity contribution in [3.63, 3.8) is 0 Å². The monoisotopic (exact) mass is 250 g/mol. The van der Waals surface area contributed by atoms with Gasteiger partial charge in [0.2, 0.25) is 0 Å². The first-order valence-corrected chi connectivity index (χ1v) is 5.67. The highest BCUT2D eigenvalue weighted by atomic mass is 16.7. The molecule has 1 aromatic rings. The van der Waals surface area contributed by atoms with E-state index in [4.69, 9.17) is 5.11 Å². The van der Waals surface area contributed by atoms with Crippen LogP contribution in [-0.2, 0) is 22.5 Å². The number of fused-ring (bicyclic) bond motifs is 1. The summed E-state index contributed by atoms with van der Waals surface area (Å²) >= 11 is 0. The molecule has 0 fully saturated rings. The zero-order chi connectivity index (χ0) is 13.0. The number of benzene rings is 1. The molecule has 0 atom stereocenters. The number of aryl methyl sites for hydroxylation is 2. The predicted molar refractivity (Wildman–Crippen MR) is 64.2 cm³/mol. The van der Waals surface area contributed by atoms with Crippen LogP contribution in [0.4, 0.5) is 10.5 Å². The number of carbonyl (C=O) groups excluding carboxylic acids is 1. The Labute approximate surface area is 104 Å². The van der Waals surface area contributed by atoms with E-state index in [1.165, 1.54) is 11.1 Å². The molecule has 1 aliphatic rings. The highest BCUT2D eigenvalue weighted by Crippen LogP contribution is 2.24. The molecule has 0 saturated carbocycles. The molecule has 3 N–H and O–H groups in total. The molecule has 1 aromatic carbocycles. The molecule has 1 aliphatic carbocycles. The van der Waals surface area contributed by atoms with Crippen molar-refractivity contribution < 1.29 is 19.5 Å². The van der Waals surface area contributed by atoms with Crippen molar-refractivity contribution >= 4 is 17.7 Å². The van der Waals surface area contributed by atoms with Gasteiger partial charge in [0, 0.05) is 5.69 Å². The van der Waals surface area contributed by atoms with Gasteiger partial charge in [-0.3, -0.25) is 4.84 Å². The SMILES string of the molecule is O=C(O)CONC(=O)Nc1ccc2c(c1)CCC2. The van der Waals surface area contributed by atoms with Crippen molar-refractivity contribution in [3.8, 4) is 0 Å². The number of amides is 2. The number of nitrogens with one attached hydrogen (secondary N) is 2. The van der Waals surface area contributed by atoms with Gasteiger partial charge in [-0.2, -0.15) is 0 Å². The molecule has 2 rings (SSSR count). The number of hydrogen-bond acceptors (Lipinski definition) is 3. The van der Waals surface area contributed by atoms with Crippen molar-refractivity contribution in [2.75, 3.05) is 11.9 Å². The van der Waals surface area contributed by atoms with E-state index in [-0.39, 0.29) is 0 Å². The number of aliphatic carboxylic acids is 1. The summed E-state index contributed by atoms with van der Waals surface area (Å²) in [5.74, 6) is -1.15. The fourth-order valence-corrected chi connectivity index (χ4v) is 1.97. The van der Waals surface area contributed by atoms with Crippen LogP contribution in [0, 0.1) is 0 Å². The summed E-state index contributed by atoms with van der Waals surface area (Å²) in [5, 5.41) is 10.9. The Hall–Kier alpha value is -2.08. The number of urea groups is 1. The van der Waals surface area contributed by atoms with Crippen LogP contribution in [-0.4, -0.2) is 23.7 Å². The standard InChI is InChI=1S/C12H14N2O4/c15-11(16)7-18-14-12(17)13-10-5-4-8-2-1-3-9(8)6-10/h4-6H,1-3,7H2,(H,15,16)(H2,13,14,17). The number of hydroxylamine groups is 1. The average molecular weight is 250 g/mol. The molecule has 0 spiro atoms. The Bertz CT molecular complexity index is 473. The van der Waals surface area contributed by atoms with Gasteiger partial charge in [0.1, 0.15) is 0 Å². The summed E-state index contributed by atoms with van der Waals surface area (Å²) in [5.41, 5.74) is 5.24. The molecule has 0 aromatic heterocycles. The van der Waals surface area contributed by atoms with Crippen LogP contribution in [0.25, 0.3) is 0 Å². The van der Waals surface area contributed by atoms with Crippen molar-refractivity contribution in [1.82, 2.24) is 5.48 Å². The highest BCUT2D eigenvalue weighted by Gasteiger charge is 2.11. The van der Waals surface area contributed by atoms with E-state index in [1.807, 2.05) is 23.7 Å². The molecular weight excluding hydrogens is 236 g/mol. The number of rotatable bonds is 4. The normalized spacial score (nSPS) is 12.9. The van der Waals surface area contributed by atoms with E-state index in [0.29, 0.717) is 5.69 Å². The summed E-state index contributed by atoms with van der Waals surface area (Å²) in [6.07, 6.45) is 3.26. The molecule has 18 heavy (non-hydrogen) atoms. The largest absolute Gasteiger partial charge is 0.479 e. The van der Waals surface area contributed by atoms with E-state index < -0.39 is 18.6 Å². The third-order valence-corrected chi connectivity index (χ3v) is 2.72. The summed E-state index contributed by atoms with van der Waals surface area (Å²) in [4.78, 5) is 26.0. The van der Waals surface area contributed by atoms with E-state index in [9.17, 15) is 9.59 Å². The number of carboxylic acids is 1. The van der Waals surface area contributed by atoms with Crippen LogP contribution < -0.4 is 10.8 Å². The van der Waals surface area contributed by atoms with Gasteiger partial charge < -0.3 is 10.4 Å². The Morgan fingerprint density at radius 1 is 1.28 bits per heavy atom. The maximum Gasteiger partial charge on any atom is 0.343 e. The predicted octanol–water partition coefficient (Wildman–Crippen LogP) is 1.31. The summed E-state index contributed by atoms with van der Waals surface area (Å²) in [6, 6.07) is 5.16. The van der Waals surface area contributed by atoms with E-state index in [0.717, 1.165) is 19.3 Å². The summed E-state index contributed by atoms with van der Waals surface area (Å²) < 4.78 is 0. The molecule has 96 valence electrons. The van der Waals surface area contributed by atoms with Crippen LogP contribution in [0.3, 0.4) is 0 Å². The molecule has 6 heteroatoms. The Morgan fingerprint density at radius 2 is 2.06 bits per heavy atom. The molecule has 2 amide bonds. The third-order valence-electron chi connectivity index (χ3n) is 2.72. The topological polar surface area (TPSA) is 87.7 Å². The molecule has 0 bridgehead atoms. The van der Waals surface area contributed by atoms with Crippen LogP contribution in [0.2, 0.25) is 0 Å². The highest BCUT2D eigenvalue weighted by molar-refractivity contribution is 5.88. The second-order valence-electron chi connectivity index (χ2n) is 4.08. The van der Waals surface area contributed by atoms with Crippen molar-refractivity contribution in [2.45, 2.75) is 19.3 Å². The van der Waals surface area contributed by atoms with Gasteiger partial charge in [0.15, 0.2) is 6.61 Å². The van der Waals surface area contributed by atoms with Crippen molar-refractivity contribution in [1.29, 1.82) is 0 Å². The van der Waals surface area contributed by atoms with Crippen LogP contribution in [0.15, 0.2) is 18.2 Å². The summed E-state index contributed by atoms with van der Waals surface area (Å²) in [6.45, 7) is -0.572. The lowest BCUT2D eigenvalue weighted by molar-refractivity contribution is -0.143. The molecule has 0 heterocycles. The fourth-order valence-electron chi connectivity index (χ4n) is 1.97. The smallest absolute Gasteiger partial charge is 0.343 e. The van der Waals surface area contributed by atoms with Crippen LogP contribution in [0.5, 0.6) is 0 Å². The second-order valence-corrected chi connectivity index (χ2v) is 4.08. The molecule has 6 nitrogen and oxygen atoms in total. The second kappa shape index (κ2) is 5.50. The van der Waals surface area contributed by atoms with Crippen molar-refractivity contribution in [2.24, 2.45) is 0 Å². The van der Waals surface area contributed by atoms with Gasteiger partial charge in [0.25, 0.3) is 0 Å². The average Bonchev–Trinajstić information content (AvgIpc) is 2.75. The summed E-state index contributed by atoms with van der Waals surface area (Å²) in [7, 11) is 0. The first-order valence-electron chi connectivity index (χ1n) is 5.67. The number of carbonyl (C=O) groups is 2. The van der Waals surface area contributed by atoms with E-state index in [2.05, 4.69) is 10.2 Å². The third kappa shape index (κ3) is 3.21. The quantitative estimate of drug-likeness (QED) is 0.703. The van der Waals surface area contributed by atoms with Crippen molar-refractivity contribution in [3.05, 3.63) is 29.3 Å². The maximum absolute atomic E-state index is 11.4. The zero-order valence-corrected chi connectivity index (χ0v) is 9.73. The minimum atomic E-state index is -1.15. The first-order chi connectivity index (χ1) is 8.65. The van der Waals surface area contributed by atoms with Crippen LogP contribution in [0.1, 0.15) is 17.5 Å². The van der Waals surface area contributed by atoms with Gasteiger partial charge in [-0.15, -0.1) is 0 Å². The van der Waals surface area contributed by atoms with Gasteiger partial charge in [-0.25, -0.2) is 15.1 Å². The number of anilines is 1. The van der Waals surface area contributed by atoms with E-state index in [1.54, 1.807) is 0 Å². The van der Waals surface area contributed by atoms with Gasteiger partial charge in [-0.05, 0) is 42.5 Å². The lowest BCUT2D eigenvalue weighted by atomic mass is 10.1. The minimum absolute atomic E-state index is 0.572. The minimum Gasteiger partial charge on any atom is -0.479 e. The Balaban J connectivity index is 1.85. The Kier molecular flexibility index (Phi) is 3.78. The van der Waals surface area contributed by atoms with E-state index >= 15 is 0 Å². The molecule has 0 radical (unpaired) electrons. The van der Waals surface area contributed by atoms with Gasteiger partial charge >= 0.3 is 12.0 Å². The van der Waals surface area contributed by atoms with Gasteiger partial charge in [0.05, 0.1) is 0 Å².